The van der Waals surface area contributed by atoms with Gasteiger partial charge in [0.25, 0.3) is 0 Å². The quantitative estimate of drug-likeness (QED) is 0.0376. The highest BCUT2D eigenvalue weighted by Gasteiger charge is 2.51. The van der Waals surface area contributed by atoms with Crippen molar-refractivity contribution in [3.63, 3.8) is 0 Å². The Bertz CT molecular complexity index is 2280. The number of hydrogen-bond donors (Lipinski definition) is 13. The molecule has 2 heterocycles. The van der Waals surface area contributed by atoms with E-state index in [1.54, 1.807) is 60.7 Å². The lowest BCUT2D eigenvalue weighted by atomic mass is 9.95. The van der Waals surface area contributed by atoms with Crippen LogP contribution in [0.3, 0.4) is 0 Å². The number of carboxylic acids is 1. The minimum Gasteiger partial charge on any atom is -0.481 e. The molecule has 25 heteroatoms. The molecule has 458 valence electrons. The van der Waals surface area contributed by atoms with Crippen LogP contribution in [-0.2, 0) is 70.1 Å². The number of nitrogens with one attached hydrogen (secondary N) is 6. The molecule has 2 aliphatic rings. The number of carbonyl (C=O) groups is 8. The third-order valence-corrected chi connectivity index (χ3v) is 14.0. The van der Waals surface area contributed by atoms with E-state index in [9.17, 15) is 74.1 Å². The van der Waals surface area contributed by atoms with Crippen LogP contribution < -0.4 is 31.9 Å². The smallest absolute Gasteiger partial charge is 0.303 e. The van der Waals surface area contributed by atoms with Crippen LogP contribution in [0.5, 0.6) is 0 Å². The van der Waals surface area contributed by atoms with Gasteiger partial charge in [-0.1, -0.05) is 112 Å². The van der Waals surface area contributed by atoms with E-state index in [-0.39, 0.29) is 57.5 Å². The second-order valence-electron chi connectivity index (χ2n) is 20.8. The number of Topliss-reactive ketones (excluding diaryl/α,β-unsaturated/α-hetero) is 1. The highest BCUT2D eigenvalue weighted by atomic mass is 16.7. The zero-order valence-corrected chi connectivity index (χ0v) is 46.9. The van der Waals surface area contributed by atoms with Crippen molar-refractivity contribution in [1.29, 1.82) is 0 Å². The molecule has 2 aromatic carbocycles. The number of aliphatic carboxylic acids is 1. The number of rotatable bonds is 38. The molecule has 0 radical (unpaired) electrons. The third-order valence-electron chi connectivity index (χ3n) is 14.0. The summed E-state index contributed by atoms with van der Waals surface area (Å²) < 4.78 is 22.9. The molecular weight excluding hydrogens is 1070 g/mol. The molecule has 2 aliphatic heterocycles. The van der Waals surface area contributed by atoms with Crippen molar-refractivity contribution in [3.05, 3.63) is 71.8 Å². The second kappa shape index (κ2) is 37.3. The van der Waals surface area contributed by atoms with Crippen LogP contribution in [0.2, 0.25) is 0 Å². The molecule has 0 bridgehead atoms. The highest BCUT2D eigenvalue weighted by Crippen LogP contribution is 2.30. The molecule has 0 aliphatic carbocycles. The molecule has 4 rings (SSSR count). The van der Waals surface area contributed by atoms with Gasteiger partial charge in [-0.05, 0) is 43.7 Å². The summed E-state index contributed by atoms with van der Waals surface area (Å²) >= 11 is 0. The molecule has 0 aromatic heterocycles. The summed E-state index contributed by atoms with van der Waals surface area (Å²) in [4.78, 5) is 102. The van der Waals surface area contributed by atoms with E-state index in [2.05, 4.69) is 31.9 Å². The van der Waals surface area contributed by atoms with Gasteiger partial charge in [-0.3, -0.25) is 33.6 Å². The summed E-state index contributed by atoms with van der Waals surface area (Å²) in [5.41, 5.74) is 1.37. The van der Waals surface area contributed by atoms with Crippen LogP contribution in [-0.4, -0.2) is 195 Å². The highest BCUT2D eigenvalue weighted by molar-refractivity contribution is 5.95. The Morgan fingerprint density at radius 3 is 1.65 bits per heavy atom. The molecular formula is C57H86N6O19. The Kier molecular flexibility index (Phi) is 31.1. The summed E-state index contributed by atoms with van der Waals surface area (Å²) in [5.74, 6) is -5.06. The van der Waals surface area contributed by atoms with Gasteiger partial charge < -0.3 is 91.4 Å². The summed E-state index contributed by atoms with van der Waals surface area (Å²) in [6.07, 6.45) is -4.78. The first-order valence-electron chi connectivity index (χ1n) is 28.3. The molecule has 13 N–H and O–H groups in total. The lowest BCUT2D eigenvalue weighted by Gasteiger charge is -2.47. The number of benzene rings is 2. The minimum absolute atomic E-state index is 0.00187. The van der Waals surface area contributed by atoms with Crippen molar-refractivity contribution >= 4 is 47.2 Å². The maximum atomic E-state index is 13.9. The number of aliphatic hydroxyl groups excluding tert-OH is 6. The fourth-order valence-corrected chi connectivity index (χ4v) is 9.49. The van der Waals surface area contributed by atoms with Gasteiger partial charge in [0.05, 0.1) is 19.8 Å². The topological polar surface area (TPSA) is 387 Å². The second-order valence-corrected chi connectivity index (χ2v) is 20.8. The molecule has 0 saturated carbocycles. The largest absolute Gasteiger partial charge is 0.481 e. The van der Waals surface area contributed by atoms with Crippen LogP contribution in [0.4, 0.5) is 0 Å². The average molecular weight is 1160 g/mol. The zero-order valence-electron chi connectivity index (χ0n) is 46.9. The average Bonchev–Trinajstić information content (AvgIpc) is 3.63. The van der Waals surface area contributed by atoms with Gasteiger partial charge in [0.15, 0.2) is 12.6 Å². The monoisotopic (exact) mass is 1160 g/mol. The Morgan fingerprint density at radius 1 is 0.549 bits per heavy atom. The van der Waals surface area contributed by atoms with E-state index in [1.165, 1.54) is 13.8 Å². The predicted octanol–water partition coefficient (Wildman–Crippen LogP) is -0.532. The van der Waals surface area contributed by atoms with Gasteiger partial charge in [-0.2, -0.15) is 0 Å². The summed E-state index contributed by atoms with van der Waals surface area (Å²) in [5, 5.41) is 87.1. The van der Waals surface area contributed by atoms with E-state index in [0.29, 0.717) is 30.5 Å². The fourth-order valence-electron chi connectivity index (χ4n) is 9.49. The zero-order chi connectivity index (χ0) is 60.0. The van der Waals surface area contributed by atoms with Crippen LogP contribution >= 0.6 is 0 Å². The van der Waals surface area contributed by atoms with Gasteiger partial charge in [0, 0.05) is 52.2 Å². The number of hydrogen-bond acceptors (Lipinski definition) is 18. The van der Waals surface area contributed by atoms with Gasteiger partial charge in [-0.15, -0.1) is 0 Å². The number of carboxylic acid groups (broad SMARTS) is 1. The number of ether oxygens (including phenoxy) is 4. The Morgan fingerprint density at radius 2 is 1.09 bits per heavy atom. The van der Waals surface area contributed by atoms with Gasteiger partial charge >= 0.3 is 5.97 Å². The van der Waals surface area contributed by atoms with Crippen LogP contribution in [0.15, 0.2) is 60.7 Å². The standard InChI is InChI=1S/C57H86N6O19/c1-35(66)20-19-25-44(68)61-41(31-38-23-15-12-16-24-38)55(78)62-39(26-27-46(70)71)54(77)63-40(30-37-21-13-11-14-22-37)53(76)59-32-45(69)58-28-17-9-7-5-3-4-6-8-10-18-29-79-56-47(60-36(2)67)49(73)52(43(34-65)81-56)82-57-51(75)50(74)48(72)42(33-64)80-57/h11-16,21-24,39-43,47-52,56-57,64-65,72-75H,3-10,17-20,25-34H2,1-2H3,(H,58,69)(H,59,76)(H,60,67)(H,61,68)(H,62,78)(H,63,77)(H,70,71)/t39?,40?,41?,42-,43-,47-,48+,49-,50+,51-,52-,56-,57+/m1/s1. The van der Waals surface area contributed by atoms with Crippen LogP contribution in [0, 0.1) is 0 Å². The third kappa shape index (κ3) is 24.4. The Labute approximate surface area is 478 Å². The van der Waals surface area contributed by atoms with Crippen molar-refractivity contribution in [3.8, 4) is 0 Å². The van der Waals surface area contributed by atoms with Crippen molar-refractivity contribution < 1.29 is 93.0 Å². The molecule has 6 amide bonds. The summed E-state index contributed by atoms with van der Waals surface area (Å²) in [6.45, 7) is 1.50. The number of unbranched alkanes of at least 4 members (excludes halogenated alkanes) is 9. The number of carbonyl (C=O) groups excluding carboxylic acids is 7. The summed E-state index contributed by atoms with van der Waals surface area (Å²) in [6, 6.07) is 12.6. The van der Waals surface area contributed by atoms with Crippen molar-refractivity contribution in [2.45, 2.75) is 202 Å². The molecule has 0 spiro atoms. The predicted molar refractivity (Wildman–Crippen MR) is 294 cm³/mol. The molecule has 25 nitrogen and oxygen atoms in total. The van der Waals surface area contributed by atoms with Gasteiger partial charge in [-0.25, -0.2) is 0 Å². The van der Waals surface area contributed by atoms with E-state index < -0.39 is 141 Å². The maximum Gasteiger partial charge on any atom is 0.303 e. The molecule has 82 heavy (non-hydrogen) atoms. The van der Waals surface area contributed by atoms with Crippen LogP contribution in [0.1, 0.15) is 121 Å². The van der Waals surface area contributed by atoms with E-state index in [1.807, 2.05) is 0 Å². The van der Waals surface area contributed by atoms with Gasteiger partial charge in [0.2, 0.25) is 35.4 Å². The molecule has 2 aromatic rings. The molecule has 3 unspecified atom stereocenters. The Hall–Kier alpha value is -6.00. The first kappa shape index (κ1) is 68.5. The normalized spacial score (nSPS) is 23.5. The van der Waals surface area contributed by atoms with Crippen molar-refractivity contribution in [2.75, 3.05) is 32.9 Å². The fraction of sp³-hybridized carbons (Fsp3) is 0.649. The first-order chi connectivity index (χ1) is 39.3. The van der Waals surface area contributed by atoms with E-state index in [4.69, 9.17) is 18.9 Å². The van der Waals surface area contributed by atoms with Gasteiger partial charge in [0.1, 0.15) is 72.7 Å². The maximum absolute atomic E-state index is 13.9. The van der Waals surface area contributed by atoms with Crippen molar-refractivity contribution in [1.82, 2.24) is 31.9 Å². The van der Waals surface area contributed by atoms with E-state index in [0.717, 1.165) is 51.4 Å². The number of amides is 6. The lowest BCUT2D eigenvalue weighted by molar-refractivity contribution is -0.348. The molecule has 2 fully saturated rings. The van der Waals surface area contributed by atoms with E-state index >= 15 is 0 Å². The van der Waals surface area contributed by atoms with Crippen molar-refractivity contribution in [2.24, 2.45) is 0 Å². The minimum atomic E-state index is -1.77. The lowest BCUT2D eigenvalue weighted by Crippen LogP contribution is -2.67. The first-order valence-corrected chi connectivity index (χ1v) is 28.3. The molecule has 13 atom stereocenters. The Balaban J connectivity index is 1.15. The van der Waals surface area contributed by atoms with Crippen LogP contribution in [0.25, 0.3) is 0 Å². The SMILES string of the molecule is CC(=O)CCCC(=O)NC(Cc1ccccc1)C(=O)NC(CCC(=O)O)C(=O)NC(Cc1ccccc1)C(=O)NCC(=O)NCCCCCCCCCCCCO[C@@H]1O[C@H](CO)[C@@H](O[C@@H]2O[C@H](CO)[C@H](O)[C@H](O)[C@H]2O)[C@H](O)[C@H]1NC(C)=O. The number of ketones is 1. The summed E-state index contributed by atoms with van der Waals surface area (Å²) in [7, 11) is 0. The number of aliphatic hydroxyl groups is 6. The molecule has 2 saturated heterocycles.